The third-order valence-corrected chi connectivity index (χ3v) is 6.84. The van der Waals surface area contributed by atoms with E-state index in [0.29, 0.717) is 13.0 Å². The second kappa shape index (κ2) is 21.2. The van der Waals surface area contributed by atoms with Crippen molar-refractivity contribution in [3.05, 3.63) is 95.6 Å². The van der Waals surface area contributed by atoms with Crippen molar-refractivity contribution in [3.8, 4) is 11.5 Å². The van der Waals surface area contributed by atoms with E-state index in [2.05, 4.69) is 13.8 Å². The summed E-state index contributed by atoms with van der Waals surface area (Å²) in [7, 11) is 0. The van der Waals surface area contributed by atoms with E-state index in [0.717, 1.165) is 49.2 Å². The lowest BCUT2D eigenvalue weighted by Gasteiger charge is -2.12. The number of aryl methyl sites for hydroxylation is 1. The van der Waals surface area contributed by atoms with Crippen molar-refractivity contribution in [2.45, 2.75) is 97.3 Å². The van der Waals surface area contributed by atoms with Gasteiger partial charge in [-0.3, -0.25) is 0 Å². The quantitative estimate of drug-likeness (QED) is 0.124. The molecule has 0 unspecified atom stereocenters. The molecular weight excluding hydrogens is 512 g/mol. The first-order chi connectivity index (χ1) is 20.1. The SMILES string of the molecule is CCCCCCCCOC(=O)c1c(CCCCCCCC)cccc1C(=O)O.c1ccc(Oc2ccccc2)cc1. The van der Waals surface area contributed by atoms with Crippen molar-refractivity contribution in [2.75, 3.05) is 6.61 Å². The van der Waals surface area contributed by atoms with E-state index >= 15 is 0 Å². The molecule has 0 aliphatic heterocycles. The maximum atomic E-state index is 12.6. The molecule has 3 aromatic carbocycles. The lowest BCUT2D eigenvalue weighted by Crippen LogP contribution is -2.15. The highest BCUT2D eigenvalue weighted by Gasteiger charge is 2.21. The Balaban J connectivity index is 0.000000372. The molecule has 0 aliphatic carbocycles. The molecule has 0 aliphatic rings. The normalized spacial score (nSPS) is 10.4. The van der Waals surface area contributed by atoms with E-state index in [1.165, 1.54) is 51.0 Å². The number of rotatable bonds is 18. The smallest absolute Gasteiger partial charge is 0.339 e. The van der Waals surface area contributed by atoms with E-state index < -0.39 is 11.9 Å². The molecule has 5 nitrogen and oxygen atoms in total. The van der Waals surface area contributed by atoms with Gasteiger partial charge in [-0.15, -0.1) is 0 Å². The molecule has 0 saturated carbocycles. The van der Waals surface area contributed by atoms with Gasteiger partial charge in [-0.05, 0) is 55.2 Å². The molecule has 0 spiro atoms. The van der Waals surface area contributed by atoms with Crippen molar-refractivity contribution in [1.29, 1.82) is 0 Å². The van der Waals surface area contributed by atoms with Crippen LogP contribution in [-0.4, -0.2) is 23.7 Å². The Morgan fingerprint density at radius 3 is 1.66 bits per heavy atom. The largest absolute Gasteiger partial charge is 0.478 e. The molecule has 3 aromatic rings. The van der Waals surface area contributed by atoms with Gasteiger partial charge in [0.25, 0.3) is 0 Å². The summed E-state index contributed by atoms with van der Waals surface area (Å²) in [6.07, 6.45) is 14.4. The number of aromatic carboxylic acids is 1. The Hall–Kier alpha value is -3.60. The van der Waals surface area contributed by atoms with Gasteiger partial charge >= 0.3 is 11.9 Å². The van der Waals surface area contributed by atoms with Gasteiger partial charge < -0.3 is 14.6 Å². The number of carboxylic acids is 1. The van der Waals surface area contributed by atoms with Crippen LogP contribution in [0.5, 0.6) is 11.5 Å². The molecule has 41 heavy (non-hydrogen) atoms. The molecular formula is C36H48O5. The van der Waals surface area contributed by atoms with Crippen molar-refractivity contribution in [2.24, 2.45) is 0 Å². The summed E-state index contributed by atoms with van der Waals surface area (Å²) in [5.74, 6) is 0.172. The molecule has 3 rings (SSSR count). The fourth-order valence-corrected chi connectivity index (χ4v) is 4.56. The number of ether oxygens (including phenoxy) is 2. The highest BCUT2D eigenvalue weighted by molar-refractivity contribution is 6.03. The van der Waals surface area contributed by atoms with Crippen LogP contribution in [0.25, 0.3) is 0 Å². The number of hydrogen-bond acceptors (Lipinski definition) is 4. The number of benzene rings is 3. The fourth-order valence-electron chi connectivity index (χ4n) is 4.56. The Morgan fingerprint density at radius 2 is 1.12 bits per heavy atom. The summed E-state index contributed by atoms with van der Waals surface area (Å²) in [5, 5.41) is 9.49. The molecule has 0 fully saturated rings. The zero-order valence-corrected chi connectivity index (χ0v) is 25.0. The molecule has 0 heterocycles. The summed E-state index contributed by atoms with van der Waals surface area (Å²) in [6, 6.07) is 24.6. The predicted octanol–water partition coefficient (Wildman–Crippen LogP) is 10.3. The number of esters is 1. The number of hydrogen-bond donors (Lipinski definition) is 1. The van der Waals surface area contributed by atoms with Crippen LogP contribution in [0.4, 0.5) is 0 Å². The lowest BCUT2D eigenvalue weighted by molar-refractivity contribution is 0.0486. The van der Waals surface area contributed by atoms with Gasteiger partial charge in [0.05, 0.1) is 17.7 Å². The summed E-state index contributed by atoms with van der Waals surface area (Å²) >= 11 is 0. The van der Waals surface area contributed by atoms with Crippen LogP contribution in [0, 0.1) is 0 Å². The molecule has 222 valence electrons. The first-order valence-electron chi connectivity index (χ1n) is 15.4. The topological polar surface area (TPSA) is 72.8 Å². The van der Waals surface area contributed by atoms with Crippen LogP contribution in [0.2, 0.25) is 0 Å². The monoisotopic (exact) mass is 560 g/mol. The van der Waals surface area contributed by atoms with Gasteiger partial charge in [-0.25, -0.2) is 9.59 Å². The average molecular weight is 561 g/mol. The predicted molar refractivity (Wildman–Crippen MR) is 167 cm³/mol. The number of carbonyl (C=O) groups excluding carboxylic acids is 1. The van der Waals surface area contributed by atoms with Crippen LogP contribution >= 0.6 is 0 Å². The molecule has 0 aromatic heterocycles. The van der Waals surface area contributed by atoms with Crippen LogP contribution < -0.4 is 4.74 Å². The minimum atomic E-state index is -1.07. The van der Waals surface area contributed by atoms with Gasteiger partial charge in [-0.1, -0.05) is 127 Å². The summed E-state index contributed by atoms with van der Waals surface area (Å²) < 4.78 is 11.0. The van der Waals surface area contributed by atoms with Crippen molar-refractivity contribution >= 4 is 11.9 Å². The van der Waals surface area contributed by atoms with Crippen LogP contribution in [0.3, 0.4) is 0 Å². The second-order valence-corrected chi connectivity index (χ2v) is 10.3. The fraction of sp³-hybridized carbons (Fsp3) is 0.444. The maximum absolute atomic E-state index is 12.6. The van der Waals surface area contributed by atoms with E-state index in [4.69, 9.17) is 9.47 Å². The summed E-state index contributed by atoms with van der Waals surface area (Å²) in [4.78, 5) is 24.2. The lowest BCUT2D eigenvalue weighted by atomic mass is 9.96. The Labute approximate surface area is 246 Å². The summed E-state index contributed by atoms with van der Waals surface area (Å²) in [6.45, 7) is 4.74. The van der Waals surface area contributed by atoms with E-state index in [1.54, 1.807) is 6.07 Å². The second-order valence-electron chi connectivity index (χ2n) is 10.3. The first-order valence-corrected chi connectivity index (χ1v) is 15.4. The molecule has 0 saturated heterocycles. The summed E-state index contributed by atoms with van der Waals surface area (Å²) in [5.41, 5.74) is 1.09. The van der Waals surface area contributed by atoms with Gasteiger partial charge in [0.2, 0.25) is 0 Å². The maximum Gasteiger partial charge on any atom is 0.339 e. The third kappa shape index (κ3) is 14.0. The van der Waals surface area contributed by atoms with Gasteiger partial charge in [0.1, 0.15) is 11.5 Å². The Kier molecular flexibility index (Phi) is 17.4. The average Bonchev–Trinajstić information content (AvgIpc) is 2.99. The minimum Gasteiger partial charge on any atom is -0.478 e. The molecule has 0 amide bonds. The highest BCUT2D eigenvalue weighted by atomic mass is 16.5. The molecule has 1 N–H and O–H groups in total. The van der Waals surface area contributed by atoms with Gasteiger partial charge in [-0.2, -0.15) is 0 Å². The van der Waals surface area contributed by atoms with Crippen molar-refractivity contribution in [3.63, 3.8) is 0 Å². The number of unbranched alkanes of at least 4 members (excludes halogenated alkanes) is 10. The van der Waals surface area contributed by atoms with Gasteiger partial charge in [0, 0.05) is 0 Å². The molecule has 0 bridgehead atoms. The van der Waals surface area contributed by atoms with E-state index in [9.17, 15) is 14.7 Å². The Bertz CT molecular complexity index is 1070. The van der Waals surface area contributed by atoms with Crippen molar-refractivity contribution in [1.82, 2.24) is 0 Å². The number of carbonyl (C=O) groups is 2. The highest BCUT2D eigenvalue weighted by Crippen LogP contribution is 2.21. The third-order valence-electron chi connectivity index (χ3n) is 6.84. The molecule has 0 radical (unpaired) electrons. The zero-order valence-electron chi connectivity index (χ0n) is 25.0. The van der Waals surface area contributed by atoms with E-state index in [1.807, 2.05) is 66.7 Å². The van der Waals surface area contributed by atoms with Crippen LogP contribution in [-0.2, 0) is 11.2 Å². The molecule has 0 atom stereocenters. The van der Waals surface area contributed by atoms with Gasteiger partial charge in [0.15, 0.2) is 0 Å². The van der Waals surface area contributed by atoms with E-state index in [-0.39, 0.29) is 11.1 Å². The first kappa shape index (κ1) is 33.6. The van der Waals surface area contributed by atoms with Crippen LogP contribution in [0.1, 0.15) is 117 Å². The Morgan fingerprint density at radius 1 is 0.610 bits per heavy atom. The number of para-hydroxylation sites is 2. The standard InChI is InChI=1S/C24H38O4.C12H10O/c1-3-5-7-9-11-13-16-20-17-15-18-21(23(25)26)22(20)24(27)28-19-14-12-10-8-6-4-2;1-3-7-11(8-4-1)13-12-9-5-2-6-10-12/h15,17-18H,3-14,16,19H2,1-2H3,(H,25,26);1-10H. The zero-order chi connectivity index (χ0) is 29.5. The minimum absolute atomic E-state index is 0.0522. The van der Waals surface area contributed by atoms with Crippen molar-refractivity contribution < 1.29 is 24.2 Å². The van der Waals surface area contributed by atoms with Crippen LogP contribution in [0.15, 0.2) is 78.9 Å². The number of carboxylic acid groups (broad SMARTS) is 1. The molecule has 5 heteroatoms.